The van der Waals surface area contributed by atoms with Crippen LogP contribution in [0.4, 0.5) is 23.2 Å². The number of hydrogen-bond acceptors (Lipinski definition) is 9. The number of halogens is 4. The minimum Gasteiger partial charge on any atom is -0.481 e. The summed E-state index contributed by atoms with van der Waals surface area (Å²) in [4.78, 5) is 75.3. The summed E-state index contributed by atoms with van der Waals surface area (Å²) < 4.78 is 40.9. The molecule has 0 aliphatic rings. The van der Waals surface area contributed by atoms with Gasteiger partial charge < -0.3 is 25.6 Å². The molecule has 2 amide bonds. The third-order valence-corrected chi connectivity index (χ3v) is 12.6. The lowest BCUT2D eigenvalue weighted by Gasteiger charge is -2.26. The zero-order valence-electron chi connectivity index (χ0n) is 34.0. The van der Waals surface area contributed by atoms with Crippen LogP contribution in [0.1, 0.15) is 122 Å². The number of carbonyl (C=O) groups is 6. The number of ether oxygens (including phenoxy) is 1. The van der Waals surface area contributed by atoms with Crippen LogP contribution in [0.2, 0.25) is 5.02 Å². The summed E-state index contributed by atoms with van der Waals surface area (Å²) in [5.74, 6) is -3.70. The van der Waals surface area contributed by atoms with E-state index in [1.165, 1.54) is 34.8 Å². The maximum Gasteiger partial charge on any atom is 0.573 e. The highest BCUT2D eigenvalue weighted by Gasteiger charge is 2.35. The van der Waals surface area contributed by atoms with Crippen molar-refractivity contribution in [3.8, 4) is 5.75 Å². The van der Waals surface area contributed by atoms with Crippen molar-refractivity contribution in [2.45, 2.75) is 99.3 Å². The average molecular weight is 893 g/mol. The van der Waals surface area contributed by atoms with E-state index in [0.717, 1.165) is 28.3 Å². The third-order valence-electron chi connectivity index (χ3n) is 9.91. The molecule has 0 aliphatic carbocycles. The standard InChI is InChI=1S/C23H26F3NO5S.C20H22ClNO4S/c1-4-16-13-17(19(29)14-7-9-15(10-8-14)32-23(24,25)26)20(33-16)27-18(28)11-12-22(5-2,6-3)21(30)31;1-4-14-11-15(17(24)12-5-7-13(21)8-6-12)18(27-14)22-16(23)9-10-20(2,3)19(25)26/h7-10,13H,4-6,11-12H2,1-3H3,(H,27,28)(H,30,31);5-8,11H,4,9-10H2,1-3H3,(H,22,23)(H,25,26). The van der Waals surface area contributed by atoms with Gasteiger partial charge in [0.05, 0.1) is 22.0 Å². The molecular formula is C43H48ClF3N2O9S2. The van der Waals surface area contributed by atoms with Gasteiger partial charge in [0, 0.05) is 38.7 Å². The molecule has 0 radical (unpaired) electrons. The van der Waals surface area contributed by atoms with Gasteiger partial charge in [0.15, 0.2) is 11.6 Å². The van der Waals surface area contributed by atoms with E-state index >= 15 is 0 Å². The van der Waals surface area contributed by atoms with Crippen LogP contribution in [0, 0.1) is 10.8 Å². The number of rotatable bonds is 19. The lowest BCUT2D eigenvalue weighted by molar-refractivity contribution is -0.274. The van der Waals surface area contributed by atoms with Gasteiger partial charge in [0.2, 0.25) is 11.8 Å². The molecule has 0 fully saturated rings. The van der Waals surface area contributed by atoms with Crippen LogP contribution in [0.5, 0.6) is 5.75 Å². The average Bonchev–Trinajstić information content (AvgIpc) is 3.80. The number of nitrogens with one attached hydrogen (secondary N) is 2. The number of ketones is 2. The molecule has 2 aromatic carbocycles. The first-order valence-corrected chi connectivity index (χ1v) is 21.1. The lowest BCUT2D eigenvalue weighted by atomic mass is 9.78. The molecule has 324 valence electrons. The molecule has 0 saturated heterocycles. The molecule has 0 unspecified atom stereocenters. The fourth-order valence-electron chi connectivity index (χ4n) is 5.75. The van der Waals surface area contributed by atoms with E-state index in [-0.39, 0.29) is 48.5 Å². The molecule has 0 spiro atoms. The highest BCUT2D eigenvalue weighted by Crippen LogP contribution is 2.35. The molecule has 4 aromatic rings. The summed E-state index contributed by atoms with van der Waals surface area (Å²) >= 11 is 8.46. The number of aryl methyl sites for hydroxylation is 2. The van der Waals surface area contributed by atoms with Gasteiger partial charge in [-0.3, -0.25) is 28.8 Å². The Morgan fingerprint density at radius 1 is 0.667 bits per heavy atom. The van der Waals surface area contributed by atoms with Gasteiger partial charge in [0.25, 0.3) is 0 Å². The fourth-order valence-corrected chi connectivity index (χ4v) is 7.90. The Balaban J connectivity index is 0.000000327. The Hall–Kier alpha value is -5.06. The lowest BCUT2D eigenvalue weighted by Crippen LogP contribution is -2.31. The number of anilines is 2. The molecule has 2 aromatic heterocycles. The van der Waals surface area contributed by atoms with Crippen molar-refractivity contribution < 1.29 is 56.9 Å². The van der Waals surface area contributed by atoms with Gasteiger partial charge in [-0.05, 0) is 113 Å². The Bertz CT molecular complexity index is 2160. The number of carbonyl (C=O) groups excluding carboxylic acids is 4. The Morgan fingerprint density at radius 2 is 1.08 bits per heavy atom. The van der Waals surface area contributed by atoms with E-state index in [0.29, 0.717) is 45.4 Å². The second kappa shape index (κ2) is 21.5. The first-order valence-electron chi connectivity index (χ1n) is 19.1. The Kier molecular flexibility index (Phi) is 17.6. The minimum atomic E-state index is -4.83. The largest absolute Gasteiger partial charge is 0.573 e. The van der Waals surface area contributed by atoms with Crippen molar-refractivity contribution in [1.82, 2.24) is 0 Å². The van der Waals surface area contributed by atoms with Crippen LogP contribution >= 0.6 is 34.3 Å². The molecule has 17 heteroatoms. The van der Waals surface area contributed by atoms with Crippen molar-refractivity contribution in [3.63, 3.8) is 0 Å². The zero-order valence-corrected chi connectivity index (χ0v) is 36.4. The van der Waals surface area contributed by atoms with E-state index in [2.05, 4.69) is 15.4 Å². The third kappa shape index (κ3) is 13.7. The van der Waals surface area contributed by atoms with Gasteiger partial charge in [-0.25, -0.2) is 0 Å². The molecule has 4 rings (SSSR count). The van der Waals surface area contributed by atoms with Crippen LogP contribution in [0.3, 0.4) is 0 Å². The normalized spacial score (nSPS) is 11.6. The topological polar surface area (TPSA) is 176 Å². The van der Waals surface area contributed by atoms with Gasteiger partial charge >= 0.3 is 18.3 Å². The van der Waals surface area contributed by atoms with E-state index in [1.807, 2.05) is 13.8 Å². The number of benzene rings is 2. The van der Waals surface area contributed by atoms with Crippen LogP contribution in [0.15, 0.2) is 60.7 Å². The molecule has 4 N–H and O–H groups in total. The first-order chi connectivity index (χ1) is 28.1. The molecule has 2 heterocycles. The summed E-state index contributed by atoms with van der Waals surface area (Å²) in [6, 6.07) is 14.6. The monoisotopic (exact) mass is 892 g/mol. The molecule has 0 atom stereocenters. The van der Waals surface area contributed by atoms with E-state index in [1.54, 1.807) is 64.1 Å². The molecule has 0 aliphatic heterocycles. The number of carboxylic acid groups (broad SMARTS) is 2. The quantitative estimate of drug-likeness (QED) is 0.0667. The second-order valence-electron chi connectivity index (χ2n) is 14.4. The number of hydrogen-bond donors (Lipinski definition) is 4. The number of carboxylic acids is 2. The van der Waals surface area contributed by atoms with Gasteiger partial charge in [-0.1, -0.05) is 39.3 Å². The summed E-state index contributed by atoms with van der Waals surface area (Å²) in [6.07, 6.45) is -2.28. The summed E-state index contributed by atoms with van der Waals surface area (Å²) in [6.45, 7) is 10.6. The smallest absolute Gasteiger partial charge is 0.481 e. The summed E-state index contributed by atoms with van der Waals surface area (Å²) in [5.41, 5.74) is -0.677. The van der Waals surface area contributed by atoms with Crippen molar-refractivity contribution in [2.75, 3.05) is 10.6 Å². The molecule has 0 bridgehead atoms. The van der Waals surface area contributed by atoms with Gasteiger partial charge in [-0.15, -0.1) is 35.8 Å². The maximum atomic E-state index is 13.0. The SMILES string of the molecule is CCc1cc(C(=O)c2ccc(Cl)cc2)c(NC(=O)CCC(C)(C)C(=O)O)s1.CCc1cc(C(=O)c2ccc(OC(F)(F)F)cc2)c(NC(=O)CCC(CC)(CC)C(=O)O)s1. The van der Waals surface area contributed by atoms with E-state index in [9.17, 15) is 47.0 Å². The van der Waals surface area contributed by atoms with Crippen molar-refractivity contribution in [1.29, 1.82) is 0 Å². The van der Waals surface area contributed by atoms with Crippen LogP contribution in [0.25, 0.3) is 0 Å². The summed E-state index contributed by atoms with van der Waals surface area (Å²) in [7, 11) is 0. The highest BCUT2D eigenvalue weighted by molar-refractivity contribution is 7.17. The van der Waals surface area contributed by atoms with Crippen molar-refractivity contribution in [3.05, 3.63) is 97.7 Å². The molecule has 60 heavy (non-hydrogen) atoms. The number of amides is 2. The predicted molar refractivity (Wildman–Crippen MR) is 227 cm³/mol. The Labute approximate surface area is 359 Å². The molecule has 11 nitrogen and oxygen atoms in total. The first kappa shape index (κ1) is 49.3. The van der Waals surface area contributed by atoms with Crippen molar-refractivity contribution >= 4 is 79.6 Å². The van der Waals surface area contributed by atoms with Crippen LogP contribution in [-0.2, 0) is 32.0 Å². The number of thiophene rings is 2. The fraction of sp³-hybridized carbons (Fsp3) is 0.395. The van der Waals surface area contributed by atoms with Crippen LogP contribution in [-0.4, -0.2) is 51.9 Å². The molecular weight excluding hydrogens is 845 g/mol. The molecule has 0 saturated carbocycles. The van der Waals surface area contributed by atoms with Gasteiger partial charge in [0.1, 0.15) is 15.8 Å². The Morgan fingerprint density at radius 3 is 1.45 bits per heavy atom. The predicted octanol–water partition coefficient (Wildman–Crippen LogP) is 11.1. The number of aliphatic carboxylic acids is 2. The zero-order chi connectivity index (χ0) is 45.0. The van der Waals surface area contributed by atoms with E-state index < -0.39 is 46.6 Å². The van der Waals surface area contributed by atoms with Crippen LogP contribution < -0.4 is 15.4 Å². The van der Waals surface area contributed by atoms with Gasteiger partial charge in [-0.2, -0.15) is 0 Å². The second-order valence-corrected chi connectivity index (χ2v) is 17.1. The van der Waals surface area contributed by atoms with E-state index in [4.69, 9.17) is 16.7 Å². The summed E-state index contributed by atoms with van der Waals surface area (Å²) in [5, 5.41) is 25.5. The highest BCUT2D eigenvalue weighted by atomic mass is 35.5. The minimum absolute atomic E-state index is 0.0234. The maximum absolute atomic E-state index is 13.0. The number of alkyl halides is 3. The van der Waals surface area contributed by atoms with Crippen molar-refractivity contribution in [2.24, 2.45) is 10.8 Å².